The minimum absolute atomic E-state index is 0.00753. The van der Waals surface area contributed by atoms with E-state index in [1.54, 1.807) is 0 Å². The average Bonchev–Trinajstić information content (AvgIpc) is 3.14. The molecule has 1 saturated heterocycles. The van der Waals surface area contributed by atoms with Crippen molar-refractivity contribution < 1.29 is 4.79 Å². The van der Waals surface area contributed by atoms with Crippen LogP contribution in [-0.2, 0) is 0 Å². The van der Waals surface area contributed by atoms with Gasteiger partial charge in [-0.05, 0) is 31.9 Å². The van der Waals surface area contributed by atoms with Crippen LogP contribution in [-0.4, -0.2) is 40.1 Å². The van der Waals surface area contributed by atoms with Crippen molar-refractivity contribution in [2.24, 2.45) is 11.7 Å². The third-order valence-corrected chi connectivity index (χ3v) is 4.13. The molecule has 2 atom stereocenters. The Morgan fingerprint density at radius 3 is 2.86 bits per heavy atom. The highest BCUT2D eigenvalue weighted by molar-refractivity contribution is 5.93. The second kappa shape index (κ2) is 5.69. The van der Waals surface area contributed by atoms with Gasteiger partial charge in [-0.2, -0.15) is 5.10 Å². The van der Waals surface area contributed by atoms with E-state index in [1.165, 1.54) is 0 Å². The van der Waals surface area contributed by atoms with E-state index in [0.29, 0.717) is 18.2 Å². The fraction of sp³-hybridized carbons (Fsp3) is 0.375. The van der Waals surface area contributed by atoms with Crippen LogP contribution in [0.15, 0.2) is 36.4 Å². The van der Waals surface area contributed by atoms with Gasteiger partial charge < -0.3 is 10.6 Å². The molecule has 2 aromatic rings. The molecule has 5 nitrogen and oxygen atoms in total. The molecular weight excluding hydrogens is 264 g/mol. The van der Waals surface area contributed by atoms with Crippen LogP contribution in [0, 0.1) is 5.92 Å². The first-order valence-electron chi connectivity index (χ1n) is 7.31. The first kappa shape index (κ1) is 13.8. The molecule has 0 aliphatic carbocycles. The second-order valence-electron chi connectivity index (χ2n) is 5.68. The Morgan fingerprint density at radius 2 is 2.19 bits per heavy atom. The Hall–Kier alpha value is -2.14. The molecule has 1 fully saturated rings. The van der Waals surface area contributed by atoms with Crippen molar-refractivity contribution >= 4 is 5.91 Å². The van der Waals surface area contributed by atoms with Crippen molar-refractivity contribution in [3.8, 4) is 11.3 Å². The predicted molar refractivity (Wildman–Crippen MR) is 81.7 cm³/mol. The SMILES string of the molecule is CC1CC(CN)CN1C(=O)c1cc(-c2ccccc2)n[nH]1. The summed E-state index contributed by atoms with van der Waals surface area (Å²) in [6, 6.07) is 11.9. The Labute approximate surface area is 124 Å². The van der Waals surface area contributed by atoms with Crippen molar-refractivity contribution in [3.63, 3.8) is 0 Å². The molecule has 0 saturated carbocycles. The average molecular weight is 284 g/mol. The van der Waals surface area contributed by atoms with Crippen LogP contribution < -0.4 is 5.73 Å². The van der Waals surface area contributed by atoms with E-state index >= 15 is 0 Å². The van der Waals surface area contributed by atoms with Gasteiger partial charge in [0.1, 0.15) is 5.69 Å². The van der Waals surface area contributed by atoms with Crippen LogP contribution in [0.4, 0.5) is 0 Å². The molecule has 3 N–H and O–H groups in total. The van der Waals surface area contributed by atoms with Crippen molar-refractivity contribution in [2.45, 2.75) is 19.4 Å². The Balaban J connectivity index is 1.79. The molecular formula is C16H20N4O. The van der Waals surface area contributed by atoms with E-state index in [-0.39, 0.29) is 11.9 Å². The van der Waals surface area contributed by atoms with E-state index in [1.807, 2.05) is 41.3 Å². The smallest absolute Gasteiger partial charge is 0.272 e. The van der Waals surface area contributed by atoms with Gasteiger partial charge in [-0.25, -0.2) is 0 Å². The number of hydrogen-bond acceptors (Lipinski definition) is 3. The molecule has 1 aromatic heterocycles. The number of H-pyrrole nitrogens is 1. The molecule has 0 radical (unpaired) electrons. The third-order valence-electron chi connectivity index (χ3n) is 4.13. The van der Waals surface area contributed by atoms with Gasteiger partial charge in [0.25, 0.3) is 5.91 Å². The normalized spacial score (nSPS) is 21.7. The van der Waals surface area contributed by atoms with Gasteiger partial charge in [-0.3, -0.25) is 9.89 Å². The van der Waals surface area contributed by atoms with Gasteiger partial charge >= 0.3 is 0 Å². The molecule has 2 unspecified atom stereocenters. The monoisotopic (exact) mass is 284 g/mol. The summed E-state index contributed by atoms with van der Waals surface area (Å²) < 4.78 is 0. The lowest BCUT2D eigenvalue weighted by Crippen LogP contribution is -2.34. The number of carbonyl (C=O) groups excluding carboxylic acids is 1. The molecule has 3 rings (SSSR count). The van der Waals surface area contributed by atoms with E-state index in [2.05, 4.69) is 17.1 Å². The highest BCUT2D eigenvalue weighted by Crippen LogP contribution is 2.25. The Kier molecular flexibility index (Phi) is 3.75. The van der Waals surface area contributed by atoms with Crippen molar-refractivity contribution in [1.82, 2.24) is 15.1 Å². The number of rotatable bonds is 3. The summed E-state index contributed by atoms with van der Waals surface area (Å²) in [7, 11) is 0. The lowest BCUT2D eigenvalue weighted by molar-refractivity contribution is 0.0737. The van der Waals surface area contributed by atoms with E-state index in [9.17, 15) is 4.79 Å². The van der Waals surface area contributed by atoms with E-state index < -0.39 is 0 Å². The molecule has 1 aliphatic heterocycles. The summed E-state index contributed by atoms with van der Waals surface area (Å²) in [5.74, 6) is 0.411. The second-order valence-corrected chi connectivity index (χ2v) is 5.68. The van der Waals surface area contributed by atoms with Crippen LogP contribution in [0.25, 0.3) is 11.3 Å². The number of amides is 1. The molecule has 2 heterocycles. The molecule has 110 valence electrons. The number of benzene rings is 1. The van der Waals surface area contributed by atoms with Crippen molar-refractivity contribution in [3.05, 3.63) is 42.1 Å². The maximum absolute atomic E-state index is 12.6. The van der Waals surface area contributed by atoms with Crippen LogP contribution >= 0.6 is 0 Å². The first-order chi connectivity index (χ1) is 10.2. The largest absolute Gasteiger partial charge is 0.334 e. The number of nitrogens with two attached hydrogens (primary N) is 1. The number of aromatic amines is 1. The number of carbonyl (C=O) groups is 1. The first-order valence-corrected chi connectivity index (χ1v) is 7.31. The fourth-order valence-electron chi connectivity index (χ4n) is 2.94. The quantitative estimate of drug-likeness (QED) is 0.903. The zero-order valence-electron chi connectivity index (χ0n) is 12.1. The lowest BCUT2D eigenvalue weighted by atomic mass is 10.1. The minimum atomic E-state index is 0.00753. The molecule has 1 aromatic carbocycles. The highest BCUT2D eigenvalue weighted by Gasteiger charge is 2.32. The number of likely N-dealkylation sites (tertiary alicyclic amines) is 1. The summed E-state index contributed by atoms with van der Waals surface area (Å²) in [6.07, 6.45) is 0.974. The highest BCUT2D eigenvalue weighted by atomic mass is 16.2. The topological polar surface area (TPSA) is 75.0 Å². The zero-order valence-corrected chi connectivity index (χ0v) is 12.1. The Morgan fingerprint density at radius 1 is 1.43 bits per heavy atom. The summed E-state index contributed by atoms with van der Waals surface area (Å²) in [5.41, 5.74) is 8.05. The van der Waals surface area contributed by atoms with E-state index in [0.717, 1.165) is 24.2 Å². The number of hydrogen-bond donors (Lipinski definition) is 2. The predicted octanol–water partition coefficient (Wildman–Crippen LogP) is 1.89. The van der Waals surface area contributed by atoms with Gasteiger partial charge in [0.2, 0.25) is 0 Å². The van der Waals surface area contributed by atoms with Gasteiger partial charge in [-0.15, -0.1) is 0 Å². The van der Waals surface area contributed by atoms with Gasteiger partial charge in [0, 0.05) is 18.2 Å². The zero-order chi connectivity index (χ0) is 14.8. The molecule has 1 amide bonds. The molecule has 0 spiro atoms. The summed E-state index contributed by atoms with van der Waals surface area (Å²) >= 11 is 0. The maximum atomic E-state index is 12.6. The van der Waals surface area contributed by atoms with Gasteiger partial charge in [0.05, 0.1) is 5.69 Å². The molecule has 5 heteroatoms. The van der Waals surface area contributed by atoms with Crippen LogP contribution in [0.5, 0.6) is 0 Å². The number of nitrogens with one attached hydrogen (secondary N) is 1. The molecule has 0 bridgehead atoms. The Bertz CT molecular complexity index is 622. The lowest BCUT2D eigenvalue weighted by Gasteiger charge is -2.20. The third kappa shape index (κ3) is 2.69. The van der Waals surface area contributed by atoms with Crippen molar-refractivity contribution in [2.75, 3.05) is 13.1 Å². The minimum Gasteiger partial charge on any atom is -0.334 e. The van der Waals surface area contributed by atoms with Crippen molar-refractivity contribution in [1.29, 1.82) is 0 Å². The number of aromatic nitrogens is 2. The van der Waals surface area contributed by atoms with Gasteiger partial charge in [-0.1, -0.05) is 30.3 Å². The van der Waals surface area contributed by atoms with Crippen LogP contribution in [0.1, 0.15) is 23.8 Å². The summed E-state index contributed by atoms with van der Waals surface area (Å²) in [6.45, 7) is 3.44. The van der Waals surface area contributed by atoms with Gasteiger partial charge in [0.15, 0.2) is 0 Å². The van der Waals surface area contributed by atoms with Crippen LogP contribution in [0.3, 0.4) is 0 Å². The number of nitrogens with zero attached hydrogens (tertiary/aromatic N) is 2. The van der Waals surface area contributed by atoms with E-state index in [4.69, 9.17) is 5.73 Å². The summed E-state index contributed by atoms with van der Waals surface area (Å²) in [5, 5.41) is 7.11. The van der Waals surface area contributed by atoms with Crippen LogP contribution in [0.2, 0.25) is 0 Å². The summed E-state index contributed by atoms with van der Waals surface area (Å²) in [4.78, 5) is 14.5. The standard InChI is InChI=1S/C16H20N4O/c1-11-7-12(9-17)10-20(11)16(21)15-8-14(18-19-15)13-5-3-2-4-6-13/h2-6,8,11-12H,7,9-10,17H2,1H3,(H,18,19). The molecule has 1 aliphatic rings. The fourth-order valence-corrected chi connectivity index (χ4v) is 2.94. The maximum Gasteiger partial charge on any atom is 0.272 e. The molecule has 21 heavy (non-hydrogen) atoms.